The van der Waals surface area contributed by atoms with Crippen molar-refractivity contribution in [3.8, 4) is 5.75 Å². The molecule has 1 aromatic rings. The smallest absolute Gasteiger partial charge is 0.422 e. The van der Waals surface area contributed by atoms with Gasteiger partial charge in [0, 0.05) is 6.20 Å². The van der Waals surface area contributed by atoms with Crippen molar-refractivity contribution in [3.05, 3.63) is 17.8 Å². The van der Waals surface area contributed by atoms with Crippen molar-refractivity contribution in [1.29, 1.82) is 0 Å². The lowest BCUT2D eigenvalue weighted by Gasteiger charge is -2.15. The molecule has 9 heteroatoms. The summed E-state index contributed by atoms with van der Waals surface area (Å²) in [5, 5.41) is 3.51. The molecule has 1 saturated carbocycles. The number of rotatable bonds is 3. The van der Waals surface area contributed by atoms with Gasteiger partial charge in [0.1, 0.15) is 11.3 Å². The molecule has 0 saturated heterocycles. The van der Waals surface area contributed by atoms with Crippen LogP contribution in [0.4, 0.5) is 13.2 Å². The van der Waals surface area contributed by atoms with Gasteiger partial charge in [-0.2, -0.15) is 13.2 Å². The summed E-state index contributed by atoms with van der Waals surface area (Å²) in [4.78, 5) is 3.19. The molecule has 0 radical (unpaired) electrons. The summed E-state index contributed by atoms with van der Waals surface area (Å²) in [5.74, 6) is -0.552. The highest BCUT2D eigenvalue weighted by molar-refractivity contribution is 7.89. The summed E-state index contributed by atoms with van der Waals surface area (Å²) in [5.41, 5.74) is -1.44. The van der Waals surface area contributed by atoms with Crippen LogP contribution in [0.25, 0.3) is 0 Å². The molecule has 0 aliphatic heterocycles. The van der Waals surface area contributed by atoms with E-state index in [1.807, 2.05) is 0 Å². The Labute approximate surface area is 101 Å². The molecular formula is C9H9F3N2O3S. The van der Waals surface area contributed by atoms with E-state index in [4.69, 9.17) is 9.88 Å². The lowest BCUT2D eigenvalue weighted by atomic mass is 10.2. The van der Waals surface area contributed by atoms with Crippen molar-refractivity contribution < 1.29 is 26.3 Å². The van der Waals surface area contributed by atoms with Gasteiger partial charge in [-0.25, -0.2) is 18.5 Å². The van der Waals surface area contributed by atoms with Crippen LogP contribution in [0, 0.1) is 0 Å². The molecule has 0 bridgehead atoms. The fraction of sp³-hybridized carbons (Fsp3) is 0.444. The molecule has 1 fully saturated rings. The number of hydrogen-bond acceptors (Lipinski definition) is 4. The molecule has 1 heterocycles. The van der Waals surface area contributed by atoms with Crippen molar-refractivity contribution in [2.24, 2.45) is 5.14 Å². The van der Waals surface area contributed by atoms with Gasteiger partial charge in [0.15, 0.2) is 5.03 Å². The first kappa shape index (κ1) is 13.1. The first-order valence-electron chi connectivity index (χ1n) is 4.95. The van der Waals surface area contributed by atoms with Crippen LogP contribution >= 0.6 is 0 Å². The molecule has 100 valence electrons. The molecule has 2 rings (SSSR count). The average Bonchev–Trinajstić information content (AvgIpc) is 2.98. The molecule has 1 aliphatic carbocycles. The number of primary sulfonamides is 1. The van der Waals surface area contributed by atoms with Gasteiger partial charge < -0.3 is 4.74 Å². The van der Waals surface area contributed by atoms with E-state index in [2.05, 4.69) is 4.98 Å². The first-order chi connectivity index (χ1) is 8.19. The van der Waals surface area contributed by atoms with Gasteiger partial charge in [0.2, 0.25) is 0 Å². The van der Waals surface area contributed by atoms with Gasteiger partial charge in [-0.15, -0.1) is 0 Å². The van der Waals surface area contributed by atoms with Gasteiger partial charge in [-0.3, -0.25) is 0 Å². The Balaban J connectivity index is 2.59. The second-order valence-electron chi connectivity index (χ2n) is 3.85. The summed E-state index contributed by atoms with van der Waals surface area (Å²) in [7, 11) is -4.57. The summed E-state index contributed by atoms with van der Waals surface area (Å²) < 4.78 is 65.9. The topological polar surface area (TPSA) is 82.3 Å². The predicted molar refractivity (Wildman–Crippen MR) is 54.3 cm³/mol. The summed E-state index contributed by atoms with van der Waals surface area (Å²) in [6.07, 6.45) is -3.00. The number of pyridine rings is 1. The summed E-state index contributed by atoms with van der Waals surface area (Å²) >= 11 is 0. The Morgan fingerprint density at radius 1 is 1.39 bits per heavy atom. The number of alkyl halides is 3. The molecule has 18 heavy (non-hydrogen) atoms. The minimum Gasteiger partial charge on any atom is -0.490 e. The molecule has 1 aromatic heterocycles. The number of halogens is 3. The number of nitrogens with two attached hydrogens (primary N) is 1. The Hall–Kier alpha value is -1.35. The maximum atomic E-state index is 12.9. The minimum atomic E-state index is -4.90. The lowest BCUT2D eigenvalue weighted by molar-refractivity contribution is -0.141. The van der Waals surface area contributed by atoms with E-state index in [-0.39, 0.29) is 6.10 Å². The third-order valence-corrected chi connectivity index (χ3v) is 3.10. The molecule has 2 N–H and O–H groups in total. The van der Waals surface area contributed by atoms with Crippen LogP contribution in [0.5, 0.6) is 5.75 Å². The van der Waals surface area contributed by atoms with E-state index < -0.39 is 32.5 Å². The fourth-order valence-electron chi connectivity index (χ4n) is 1.37. The quantitative estimate of drug-likeness (QED) is 0.905. The van der Waals surface area contributed by atoms with Gasteiger partial charge in [-0.1, -0.05) is 0 Å². The Morgan fingerprint density at radius 3 is 2.44 bits per heavy atom. The second-order valence-corrected chi connectivity index (χ2v) is 5.33. The Kier molecular flexibility index (Phi) is 2.98. The van der Waals surface area contributed by atoms with Gasteiger partial charge in [0.05, 0.1) is 6.10 Å². The third-order valence-electron chi connectivity index (χ3n) is 2.25. The first-order valence-corrected chi connectivity index (χ1v) is 6.50. The monoisotopic (exact) mass is 282 g/mol. The van der Waals surface area contributed by atoms with Crippen molar-refractivity contribution in [1.82, 2.24) is 4.98 Å². The molecule has 0 unspecified atom stereocenters. The van der Waals surface area contributed by atoms with Crippen LogP contribution in [0.3, 0.4) is 0 Å². The number of sulfonamides is 1. The third kappa shape index (κ3) is 2.72. The maximum absolute atomic E-state index is 12.9. The molecular weight excluding hydrogens is 273 g/mol. The Morgan fingerprint density at radius 2 is 2.00 bits per heavy atom. The van der Waals surface area contributed by atoms with Crippen molar-refractivity contribution >= 4 is 10.0 Å². The van der Waals surface area contributed by atoms with Crippen LogP contribution < -0.4 is 9.88 Å². The zero-order valence-electron chi connectivity index (χ0n) is 8.94. The largest absolute Gasteiger partial charge is 0.490 e. The molecule has 0 spiro atoms. The summed E-state index contributed by atoms with van der Waals surface area (Å²) in [6.45, 7) is 0. The minimum absolute atomic E-state index is 0.304. The number of aromatic nitrogens is 1. The van der Waals surface area contributed by atoms with Gasteiger partial charge >= 0.3 is 6.18 Å². The van der Waals surface area contributed by atoms with Crippen LogP contribution in [-0.2, 0) is 16.2 Å². The van der Waals surface area contributed by atoms with Crippen molar-refractivity contribution in [3.63, 3.8) is 0 Å². The van der Waals surface area contributed by atoms with Gasteiger partial charge in [0.25, 0.3) is 10.0 Å². The van der Waals surface area contributed by atoms with Crippen LogP contribution in [-0.4, -0.2) is 19.5 Å². The van der Waals surface area contributed by atoms with Crippen LogP contribution in [0.15, 0.2) is 17.3 Å². The molecule has 1 aliphatic rings. The van der Waals surface area contributed by atoms with E-state index >= 15 is 0 Å². The standard InChI is InChI=1S/C9H9F3N2O3S/c10-9(11,12)7-6(17-5-1-2-5)3-4-14-8(7)18(13,15)16/h3-5H,1-2H2,(H2,13,15,16). The molecule has 0 aromatic carbocycles. The average molecular weight is 282 g/mol. The van der Waals surface area contributed by atoms with Gasteiger partial charge in [-0.05, 0) is 18.9 Å². The zero-order valence-corrected chi connectivity index (χ0v) is 9.75. The predicted octanol–water partition coefficient (Wildman–Crippen LogP) is 1.29. The summed E-state index contributed by atoms with van der Waals surface area (Å²) in [6, 6.07) is 0.982. The Bertz CT molecular complexity index is 567. The SMILES string of the molecule is NS(=O)(=O)c1nccc(OC2CC2)c1C(F)(F)F. The van der Waals surface area contributed by atoms with E-state index in [0.29, 0.717) is 12.8 Å². The second kappa shape index (κ2) is 4.09. The maximum Gasteiger partial charge on any atom is 0.422 e. The number of nitrogens with zero attached hydrogens (tertiary/aromatic N) is 1. The molecule has 0 atom stereocenters. The number of ether oxygens (including phenoxy) is 1. The van der Waals surface area contributed by atoms with E-state index in [0.717, 1.165) is 12.3 Å². The lowest BCUT2D eigenvalue weighted by Crippen LogP contribution is -2.22. The normalized spacial score (nSPS) is 16.7. The number of hydrogen-bond donors (Lipinski definition) is 1. The highest BCUT2D eigenvalue weighted by Gasteiger charge is 2.42. The molecule has 0 amide bonds. The van der Waals surface area contributed by atoms with E-state index in [1.54, 1.807) is 0 Å². The molecule has 5 nitrogen and oxygen atoms in total. The van der Waals surface area contributed by atoms with Crippen LogP contribution in [0.2, 0.25) is 0 Å². The fourth-order valence-corrected chi connectivity index (χ4v) is 2.07. The van der Waals surface area contributed by atoms with E-state index in [9.17, 15) is 21.6 Å². The highest BCUT2D eigenvalue weighted by atomic mass is 32.2. The zero-order chi connectivity index (χ0) is 13.6. The van der Waals surface area contributed by atoms with Crippen LogP contribution in [0.1, 0.15) is 18.4 Å². The highest BCUT2D eigenvalue weighted by Crippen LogP contribution is 2.41. The van der Waals surface area contributed by atoms with Crippen molar-refractivity contribution in [2.45, 2.75) is 30.1 Å². The van der Waals surface area contributed by atoms with Crippen molar-refractivity contribution in [2.75, 3.05) is 0 Å². The van der Waals surface area contributed by atoms with E-state index in [1.165, 1.54) is 0 Å².